The monoisotopic (exact) mass is 384 g/mol. The van der Waals surface area contributed by atoms with Gasteiger partial charge in [-0.15, -0.1) is 0 Å². The maximum absolute atomic E-state index is 12.2. The van der Waals surface area contributed by atoms with Crippen molar-refractivity contribution >= 4 is 27.5 Å². The summed E-state index contributed by atoms with van der Waals surface area (Å²) >= 11 is 5.81. The lowest BCUT2D eigenvalue weighted by Crippen LogP contribution is -2.35. The number of aromatic amines is 1. The minimum Gasteiger partial charge on any atom is -0.355 e. The summed E-state index contributed by atoms with van der Waals surface area (Å²) in [6, 6.07) is 7.31. The summed E-state index contributed by atoms with van der Waals surface area (Å²) in [5.41, 5.74) is 1.92. The van der Waals surface area contributed by atoms with Gasteiger partial charge in [0, 0.05) is 24.5 Å². The van der Waals surface area contributed by atoms with Crippen molar-refractivity contribution in [2.24, 2.45) is 0 Å². The Labute approximate surface area is 152 Å². The first-order valence-electron chi connectivity index (χ1n) is 7.82. The normalized spacial score (nSPS) is 11.5. The van der Waals surface area contributed by atoms with E-state index in [0.29, 0.717) is 29.3 Å². The number of carbonyl (C=O) groups is 1. The van der Waals surface area contributed by atoms with Crippen LogP contribution in [0.5, 0.6) is 0 Å². The highest BCUT2D eigenvalue weighted by Crippen LogP contribution is 2.15. The molecule has 0 bridgehead atoms. The van der Waals surface area contributed by atoms with Gasteiger partial charge in [0.15, 0.2) is 0 Å². The van der Waals surface area contributed by atoms with Gasteiger partial charge in [-0.3, -0.25) is 9.89 Å². The predicted molar refractivity (Wildman–Crippen MR) is 96.0 cm³/mol. The Morgan fingerprint density at radius 2 is 1.88 bits per heavy atom. The van der Waals surface area contributed by atoms with Crippen molar-refractivity contribution in [1.29, 1.82) is 0 Å². The fraction of sp³-hybridized carbons (Fsp3) is 0.375. The van der Waals surface area contributed by atoms with Crippen LogP contribution in [-0.2, 0) is 21.2 Å². The van der Waals surface area contributed by atoms with Crippen LogP contribution in [-0.4, -0.2) is 37.6 Å². The van der Waals surface area contributed by atoms with Crippen LogP contribution in [0, 0.1) is 13.8 Å². The SMILES string of the molecule is Cc1n[nH]c(C)c1S(=O)(=O)NCCNC(=O)CCc1ccc(Cl)cc1. The number of aryl methyl sites for hydroxylation is 3. The molecule has 136 valence electrons. The molecule has 0 aliphatic heterocycles. The summed E-state index contributed by atoms with van der Waals surface area (Å²) < 4.78 is 26.9. The Balaban J connectivity index is 1.73. The molecular formula is C16H21ClN4O3S. The molecule has 0 atom stereocenters. The van der Waals surface area contributed by atoms with Crippen molar-refractivity contribution in [3.8, 4) is 0 Å². The fourth-order valence-corrected chi connectivity index (χ4v) is 3.92. The average molecular weight is 385 g/mol. The van der Waals surface area contributed by atoms with Crippen LogP contribution >= 0.6 is 11.6 Å². The van der Waals surface area contributed by atoms with E-state index in [1.807, 2.05) is 12.1 Å². The quantitative estimate of drug-likeness (QED) is 0.602. The number of hydrogen-bond acceptors (Lipinski definition) is 4. The standard InChI is InChI=1S/C16H21ClN4O3S/c1-11-16(12(2)21-20-11)25(23,24)19-10-9-18-15(22)8-5-13-3-6-14(17)7-4-13/h3-4,6-7,19H,5,8-10H2,1-2H3,(H,18,22)(H,20,21). The van der Waals surface area contributed by atoms with E-state index in [2.05, 4.69) is 20.2 Å². The molecule has 0 fully saturated rings. The zero-order valence-electron chi connectivity index (χ0n) is 14.1. The van der Waals surface area contributed by atoms with Gasteiger partial charge in [0.2, 0.25) is 15.9 Å². The maximum atomic E-state index is 12.2. The molecular weight excluding hydrogens is 364 g/mol. The lowest BCUT2D eigenvalue weighted by atomic mass is 10.1. The summed E-state index contributed by atoms with van der Waals surface area (Å²) in [5, 5.41) is 9.87. The third-order valence-electron chi connectivity index (χ3n) is 3.62. The highest BCUT2D eigenvalue weighted by atomic mass is 35.5. The summed E-state index contributed by atoms with van der Waals surface area (Å²) in [6.07, 6.45) is 0.927. The lowest BCUT2D eigenvalue weighted by molar-refractivity contribution is -0.121. The van der Waals surface area contributed by atoms with Crippen molar-refractivity contribution in [1.82, 2.24) is 20.2 Å². The topological polar surface area (TPSA) is 104 Å². The van der Waals surface area contributed by atoms with E-state index < -0.39 is 10.0 Å². The number of halogens is 1. The number of carbonyl (C=O) groups excluding carboxylic acids is 1. The van der Waals surface area contributed by atoms with E-state index in [4.69, 9.17) is 11.6 Å². The molecule has 7 nitrogen and oxygen atoms in total. The zero-order chi connectivity index (χ0) is 18.4. The summed E-state index contributed by atoms with van der Waals surface area (Å²) in [5.74, 6) is -0.134. The molecule has 9 heteroatoms. The number of hydrogen-bond donors (Lipinski definition) is 3. The minimum absolute atomic E-state index is 0.110. The van der Waals surface area contributed by atoms with E-state index in [1.165, 1.54) is 0 Å². The molecule has 0 saturated heterocycles. The summed E-state index contributed by atoms with van der Waals surface area (Å²) in [4.78, 5) is 12.0. The molecule has 0 aliphatic rings. The number of benzene rings is 1. The molecule has 0 aliphatic carbocycles. The number of aromatic nitrogens is 2. The average Bonchev–Trinajstić information content (AvgIpc) is 2.90. The van der Waals surface area contributed by atoms with Crippen molar-refractivity contribution in [3.63, 3.8) is 0 Å². The maximum Gasteiger partial charge on any atom is 0.244 e. The second kappa shape index (κ2) is 8.46. The van der Waals surface area contributed by atoms with Crippen molar-refractivity contribution < 1.29 is 13.2 Å². The van der Waals surface area contributed by atoms with E-state index in [1.54, 1.807) is 26.0 Å². The van der Waals surface area contributed by atoms with E-state index >= 15 is 0 Å². The van der Waals surface area contributed by atoms with Gasteiger partial charge in [-0.05, 0) is 38.0 Å². The molecule has 0 spiro atoms. The third kappa shape index (κ3) is 5.55. The van der Waals surface area contributed by atoms with Gasteiger partial charge in [-0.2, -0.15) is 5.10 Å². The Morgan fingerprint density at radius 1 is 1.20 bits per heavy atom. The first kappa shape index (κ1) is 19.4. The number of nitrogens with zero attached hydrogens (tertiary/aromatic N) is 1. The van der Waals surface area contributed by atoms with E-state index in [0.717, 1.165) is 5.56 Å². The predicted octanol–water partition coefficient (Wildman–Crippen LogP) is 1.71. The molecule has 25 heavy (non-hydrogen) atoms. The van der Waals surface area contributed by atoms with Crippen LogP contribution in [0.3, 0.4) is 0 Å². The number of sulfonamides is 1. The number of amides is 1. The fourth-order valence-electron chi connectivity index (χ4n) is 2.39. The zero-order valence-corrected chi connectivity index (χ0v) is 15.7. The smallest absolute Gasteiger partial charge is 0.244 e. The Kier molecular flexibility index (Phi) is 6.57. The number of rotatable bonds is 8. The summed E-state index contributed by atoms with van der Waals surface area (Å²) in [7, 11) is -3.64. The van der Waals surface area contributed by atoms with Gasteiger partial charge in [0.1, 0.15) is 4.90 Å². The van der Waals surface area contributed by atoms with Crippen LogP contribution in [0.15, 0.2) is 29.2 Å². The first-order valence-corrected chi connectivity index (χ1v) is 9.68. The lowest BCUT2D eigenvalue weighted by Gasteiger charge is -2.08. The van der Waals surface area contributed by atoms with Crippen molar-refractivity contribution in [2.75, 3.05) is 13.1 Å². The van der Waals surface area contributed by atoms with E-state index in [9.17, 15) is 13.2 Å². The van der Waals surface area contributed by atoms with Crippen LogP contribution in [0.2, 0.25) is 5.02 Å². The highest BCUT2D eigenvalue weighted by molar-refractivity contribution is 7.89. The molecule has 1 heterocycles. The Morgan fingerprint density at radius 3 is 2.48 bits per heavy atom. The van der Waals surface area contributed by atoms with Crippen LogP contribution in [0.4, 0.5) is 0 Å². The van der Waals surface area contributed by atoms with Gasteiger partial charge in [0.25, 0.3) is 0 Å². The van der Waals surface area contributed by atoms with Gasteiger partial charge < -0.3 is 5.32 Å². The Bertz CT molecular complexity index is 812. The van der Waals surface area contributed by atoms with Crippen LogP contribution in [0.25, 0.3) is 0 Å². The molecule has 0 radical (unpaired) electrons. The molecule has 3 N–H and O–H groups in total. The first-order chi connectivity index (χ1) is 11.8. The minimum atomic E-state index is -3.64. The van der Waals surface area contributed by atoms with Gasteiger partial charge in [-0.1, -0.05) is 23.7 Å². The van der Waals surface area contributed by atoms with Gasteiger partial charge in [-0.25, -0.2) is 13.1 Å². The molecule has 1 aromatic carbocycles. The second-order valence-corrected chi connectivity index (χ2v) is 7.78. The molecule has 2 aromatic rings. The molecule has 0 unspecified atom stereocenters. The van der Waals surface area contributed by atoms with Gasteiger partial charge in [0.05, 0.1) is 11.4 Å². The van der Waals surface area contributed by atoms with Crippen molar-refractivity contribution in [3.05, 3.63) is 46.2 Å². The molecule has 1 aromatic heterocycles. The molecule has 1 amide bonds. The number of H-pyrrole nitrogens is 1. The third-order valence-corrected chi connectivity index (χ3v) is 5.60. The molecule has 2 rings (SSSR count). The van der Waals surface area contributed by atoms with Crippen molar-refractivity contribution in [2.45, 2.75) is 31.6 Å². The van der Waals surface area contributed by atoms with E-state index in [-0.39, 0.29) is 23.9 Å². The Hall–Kier alpha value is -1.90. The highest BCUT2D eigenvalue weighted by Gasteiger charge is 2.21. The van der Waals surface area contributed by atoms with Crippen LogP contribution in [0.1, 0.15) is 23.4 Å². The number of nitrogens with one attached hydrogen (secondary N) is 3. The largest absolute Gasteiger partial charge is 0.355 e. The second-order valence-electron chi connectivity index (χ2n) is 5.64. The molecule has 0 saturated carbocycles. The van der Waals surface area contributed by atoms with Gasteiger partial charge >= 0.3 is 0 Å². The van der Waals surface area contributed by atoms with Crippen LogP contribution < -0.4 is 10.0 Å². The summed E-state index contributed by atoms with van der Waals surface area (Å²) in [6.45, 7) is 3.59.